The van der Waals surface area contributed by atoms with E-state index in [0.29, 0.717) is 28.1 Å². The molecule has 3 aromatic rings. The molecule has 6 nitrogen and oxygen atoms in total. The third kappa shape index (κ3) is 5.48. The van der Waals surface area contributed by atoms with Gasteiger partial charge in [-0.3, -0.25) is 9.69 Å². The van der Waals surface area contributed by atoms with Crippen LogP contribution in [0.2, 0.25) is 0 Å². The summed E-state index contributed by atoms with van der Waals surface area (Å²) in [6.45, 7) is 0.323. The molecular weight excluding hydrogens is 443 g/mol. The monoisotopic (exact) mass is 461 g/mol. The molecule has 4 rings (SSSR count). The summed E-state index contributed by atoms with van der Waals surface area (Å²) in [5.41, 5.74) is 2.28. The maximum absolute atomic E-state index is 13.0. The number of aromatic carboxylic acids is 1. The van der Waals surface area contributed by atoms with Crippen molar-refractivity contribution in [3.8, 4) is 5.75 Å². The molecule has 0 saturated carbocycles. The molecule has 0 N–H and O–H groups in total. The van der Waals surface area contributed by atoms with Gasteiger partial charge in [0.05, 0.1) is 16.6 Å². The standard InChI is InChI=1S/C25H19FN2O4S/c1-28-23(29)22(33-25(28)27-20-10-6-18(7-11-20)24(30)31)14-16-4-12-21(13-5-16)32-15-17-2-8-19(26)9-3-17/h2-14H,15H2,1H3,(H,30,31)/p-1/b22-14-,27-25?. The van der Waals surface area contributed by atoms with Gasteiger partial charge < -0.3 is 14.6 Å². The fourth-order valence-electron chi connectivity index (χ4n) is 2.99. The van der Waals surface area contributed by atoms with E-state index in [9.17, 15) is 19.1 Å². The van der Waals surface area contributed by atoms with E-state index in [4.69, 9.17) is 4.74 Å². The zero-order valence-electron chi connectivity index (χ0n) is 17.5. The van der Waals surface area contributed by atoms with Gasteiger partial charge in [0.1, 0.15) is 18.2 Å². The minimum atomic E-state index is -1.26. The average Bonchev–Trinajstić information content (AvgIpc) is 3.07. The van der Waals surface area contributed by atoms with Crippen molar-refractivity contribution in [3.63, 3.8) is 0 Å². The summed E-state index contributed by atoms with van der Waals surface area (Å²) in [5, 5.41) is 11.4. The average molecular weight is 461 g/mol. The van der Waals surface area contributed by atoms with Crippen LogP contribution in [0.25, 0.3) is 6.08 Å². The highest BCUT2D eigenvalue weighted by molar-refractivity contribution is 8.18. The summed E-state index contributed by atoms with van der Waals surface area (Å²) < 4.78 is 18.7. The van der Waals surface area contributed by atoms with Gasteiger partial charge in [-0.05, 0) is 70.9 Å². The summed E-state index contributed by atoms with van der Waals surface area (Å²) >= 11 is 1.24. The summed E-state index contributed by atoms with van der Waals surface area (Å²) in [6, 6.07) is 19.3. The van der Waals surface area contributed by atoms with E-state index in [1.807, 2.05) is 12.1 Å². The Kier molecular flexibility index (Phi) is 6.55. The van der Waals surface area contributed by atoms with Crippen LogP contribution in [-0.4, -0.2) is 29.0 Å². The number of carbonyl (C=O) groups is 2. The lowest BCUT2D eigenvalue weighted by molar-refractivity contribution is -0.255. The summed E-state index contributed by atoms with van der Waals surface area (Å²) in [6.07, 6.45) is 1.77. The third-order valence-corrected chi connectivity index (χ3v) is 5.89. The molecule has 166 valence electrons. The number of thioether (sulfide) groups is 1. The fourth-order valence-corrected chi connectivity index (χ4v) is 3.98. The lowest BCUT2D eigenvalue weighted by Crippen LogP contribution is -2.23. The van der Waals surface area contributed by atoms with Crippen molar-refractivity contribution < 1.29 is 23.8 Å². The van der Waals surface area contributed by atoms with Crippen molar-refractivity contribution in [1.29, 1.82) is 0 Å². The summed E-state index contributed by atoms with van der Waals surface area (Å²) in [5.74, 6) is -1.07. The molecule has 33 heavy (non-hydrogen) atoms. The number of rotatable bonds is 6. The molecule has 3 aromatic carbocycles. The molecule has 1 aliphatic heterocycles. The zero-order valence-corrected chi connectivity index (χ0v) is 18.3. The van der Waals surface area contributed by atoms with Crippen LogP contribution in [0, 0.1) is 5.82 Å². The Hall–Kier alpha value is -3.91. The number of halogens is 1. The normalized spacial score (nSPS) is 15.9. The Balaban J connectivity index is 1.43. The van der Waals surface area contributed by atoms with Gasteiger partial charge in [0.15, 0.2) is 5.17 Å². The van der Waals surface area contributed by atoms with E-state index in [2.05, 4.69) is 4.99 Å². The van der Waals surface area contributed by atoms with Crippen molar-refractivity contribution in [2.24, 2.45) is 4.99 Å². The first-order valence-corrected chi connectivity index (χ1v) is 10.8. The molecule has 1 heterocycles. The highest BCUT2D eigenvalue weighted by atomic mass is 32.2. The number of likely N-dealkylation sites (N-methyl/N-ethyl adjacent to an activating group) is 1. The number of carbonyl (C=O) groups excluding carboxylic acids is 2. The maximum Gasteiger partial charge on any atom is 0.266 e. The summed E-state index contributed by atoms with van der Waals surface area (Å²) in [4.78, 5) is 29.9. The Morgan fingerprint density at radius 2 is 1.73 bits per heavy atom. The van der Waals surface area contributed by atoms with Crippen molar-refractivity contribution in [2.45, 2.75) is 6.61 Å². The Morgan fingerprint density at radius 1 is 1.06 bits per heavy atom. The van der Waals surface area contributed by atoms with Crippen LogP contribution < -0.4 is 9.84 Å². The van der Waals surface area contributed by atoms with E-state index in [1.165, 1.54) is 40.9 Å². The third-order valence-electron chi connectivity index (χ3n) is 4.83. The number of benzene rings is 3. The van der Waals surface area contributed by atoms with Gasteiger partial charge >= 0.3 is 0 Å². The topological polar surface area (TPSA) is 82.0 Å². The Bertz CT molecular complexity index is 1240. The van der Waals surface area contributed by atoms with E-state index in [0.717, 1.165) is 11.1 Å². The van der Waals surface area contributed by atoms with Crippen LogP contribution in [0.5, 0.6) is 5.75 Å². The minimum Gasteiger partial charge on any atom is -0.545 e. The number of nitrogens with zero attached hydrogens (tertiary/aromatic N) is 2. The number of carboxylic acids is 1. The van der Waals surface area contributed by atoms with E-state index >= 15 is 0 Å². The lowest BCUT2D eigenvalue weighted by Gasteiger charge is -2.07. The van der Waals surface area contributed by atoms with Crippen LogP contribution in [0.3, 0.4) is 0 Å². The highest BCUT2D eigenvalue weighted by Gasteiger charge is 2.30. The number of hydrogen-bond donors (Lipinski definition) is 0. The van der Waals surface area contributed by atoms with Gasteiger partial charge in [-0.15, -0.1) is 0 Å². The van der Waals surface area contributed by atoms with Gasteiger partial charge in [0.25, 0.3) is 5.91 Å². The fraction of sp³-hybridized carbons (Fsp3) is 0.0800. The van der Waals surface area contributed by atoms with Gasteiger partial charge in [0.2, 0.25) is 0 Å². The van der Waals surface area contributed by atoms with Crippen LogP contribution >= 0.6 is 11.8 Å². The van der Waals surface area contributed by atoms with E-state index < -0.39 is 5.97 Å². The quantitative estimate of drug-likeness (QED) is 0.518. The molecule has 1 fully saturated rings. The van der Waals surface area contributed by atoms with Crippen LogP contribution in [0.15, 0.2) is 82.7 Å². The molecule has 0 radical (unpaired) electrons. The number of aliphatic imine (C=N–C) groups is 1. The smallest absolute Gasteiger partial charge is 0.266 e. The first-order chi connectivity index (χ1) is 15.9. The first-order valence-electron chi connectivity index (χ1n) is 9.94. The molecule has 0 atom stereocenters. The summed E-state index contributed by atoms with van der Waals surface area (Å²) in [7, 11) is 1.64. The predicted molar refractivity (Wildman–Crippen MR) is 123 cm³/mol. The molecule has 0 unspecified atom stereocenters. The van der Waals surface area contributed by atoms with Gasteiger partial charge in [-0.1, -0.05) is 36.4 Å². The second kappa shape index (κ2) is 9.70. The van der Waals surface area contributed by atoms with Gasteiger partial charge in [-0.25, -0.2) is 9.38 Å². The van der Waals surface area contributed by atoms with Gasteiger partial charge in [-0.2, -0.15) is 0 Å². The van der Waals surface area contributed by atoms with E-state index in [-0.39, 0.29) is 17.3 Å². The molecule has 0 spiro atoms. The molecular formula is C25H18FN2O4S-. The molecule has 0 aliphatic carbocycles. The molecule has 1 aliphatic rings. The number of carboxylic acid groups (broad SMARTS) is 1. The second-order valence-corrected chi connectivity index (χ2v) is 8.20. The highest BCUT2D eigenvalue weighted by Crippen LogP contribution is 2.33. The predicted octanol–water partition coefficient (Wildman–Crippen LogP) is 4.00. The first kappa shape index (κ1) is 22.3. The molecule has 1 amide bonds. The molecule has 0 bridgehead atoms. The Labute approximate surface area is 194 Å². The van der Waals surface area contributed by atoms with Crippen LogP contribution in [0.1, 0.15) is 21.5 Å². The largest absolute Gasteiger partial charge is 0.545 e. The van der Waals surface area contributed by atoms with Crippen LogP contribution in [0.4, 0.5) is 10.1 Å². The van der Waals surface area contributed by atoms with Crippen molar-refractivity contribution >= 4 is 40.6 Å². The minimum absolute atomic E-state index is 0.0631. The van der Waals surface area contributed by atoms with Crippen molar-refractivity contribution in [1.82, 2.24) is 4.90 Å². The van der Waals surface area contributed by atoms with E-state index in [1.54, 1.807) is 49.5 Å². The maximum atomic E-state index is 13.0. The van der Waals surface area contributed by atoms with Crippen molar-refractivity contribution in [2.75, 3.05) is 7.05 Å². The SMILES string of the molecule is CN1C(=O)/C(=C/c2ccc(OCc3ccc(F)cc3)cc2)SC1=Nc1ccc(C(=O)[O-])cc1. The molecule has 1 saturated heterocycles. The Morgan fingerprint density at radius 3 is 2.36 bits per heavy atom. The number of amidine groups is 1. The number of ether oxygens (including phenoxy) is 1. The molecule has 0 aromatic heterocycles. The second-order valence-electron chi connectivity index (χ2n) is 7.19. The molecule has 8 heteroatoms. The lowest BCUT2D eigenvalue weighted by atomic mass is 10.2. The zero-order chi connectivity index (χ0) is 23.4. The van der Waals surface area contributed by atoms with Crippen LogP contribution in [-0.2, 0) is 11.4 Å². The number of amides is 1. The van der Waals surface area contributed by atoms with Gasteiger partial charge in [0, 0.05) is 7.05 Å². The number of hydrogen-bond acceptors (Lipinski definition) is 6. The van der Waals surface area contributed by atoms with Crippen molar-refractivity contribution in [3.05, 3.63) is 100 Å².